The molecule has 0 amide bonds. The molecule has 4 fully saturated rings. The molecule has 4 saturated carbocycles. The van der Waals surface area contributed by atoms with Crippen molar-refractivity contribution < 1.29 is 0 Å². The number of hydrogen-bond donors (Lipinski definition) is 0. The first kappa shape index (κ1) is 25.7. The van der Waals surface area contributed by atoms with Gasteiger partial charge in [-0.1, -0.05) is 80.3 Å². The first-order valence-electron chi connectivity index (χ1n) is 15.9. The van der Waals surface area contributed by atoms with Crippen LogP contribution in [0.2, 0.25) is 0 Å². The first-order chi connectivity index (χ1) is 17.8. The van der Waals surface area contributed by atoms with Crippen molar-refractivity contribution in [3.63, 3.8) is 0 Å². The summed E-state index contributed by atoms with van der Waals surface area (Å²) >= 11 is 0. The van der Waals surface area contributed by atoms with Crippen molar-refractivity contribution in [2.75, 3.05) is 0 Å². The van der Waals surface area contributed by atoms with Gasteiger partial charge < -0.3 is 0 Å². The van der Waals surface area contributed by atoms with Gasteiger partial charge in [0, 0.05) is 5.92 Å². The second-order valence-electron chi connectivity index (χ2n) is 14.8. The first-order valence-corrected chi connectivity index (χ1v) is 15.9. The molecule has 200 valence electrons. The molecule has 1 aromatic rings. The minimum atomic E-state index is 0.458. The summed E-state index contributed by atoms with van der Waals surface area (Å²) < 4.78 is 0. The van der Waals surface area contributed by atoms with E-state index in [9.17, 15) is 0 Å². The van der Waals surface area contributed by atoms with E-state index in [1.165, 1.54) is 107 Å². The topological polar surface area (TPSA) is 0 Å². The smallest absolute Gasteiger partial charge is 0.00593 e. The molecular weight excluding hydrogens is 444 g/mol. The van der Waals surface area contributed by atoms with E-state index in [4.69, 9.17) is 0 Å². The fourth-order valence-corrected chi connectivity index (χ4v) is 10.9. The van der Waals surface area contributed by atoms with Gasteiger partial charge in [-0.25, -0.2) is 0 Å². The summed E-state index contributed by atoms with van der Waals surface area (Å²) in [5.74, 6) is 3.25. The Hall–Kier alpha value is -1.56. The molecule has 1 aromatic carbocycles. The van der Waals surface area contributed by atoms with Crippen molar-refractivity contribution in [1.29, 1.82) is 0 Å². The third-order valence-corrected chi connectivity index (χ3v) is 12.7. The molecule has 6 atom stereocenters. The molecule has 0 radical (unpaired) electrons. The number of unbranched alkanes of at least 4 members (excludes halogenated alkanes) is 1. The van der Waals surface area contributed by atoms with E-state index in [-0.39, 0.29) is 0 Å². The fourth-order valence-electron chi connectivity index (χ4n) is 10.9. The monoisotopic (exact) mass is 496 g/mol. The summed E-state index contributed by atoms with van der Waals surface area (Å²) in [4.78, 5) is 0. The average molecular weight is 497 g/mol. The molecule has 37 heavy (non-hydrogen) atoms. The largest absolute Gasteiger partial charge is 0.103 e. The van der Waals surface area contributed by atoms with Gasteiger partial charge in [0.25, 0.3) is 0 Å². The highest BCUT2D eigenvalue weighted by Gasteiger charge is 2.58. The molecular formula is C37H52. The summed E-state index contributed by atoms with van der Waals surface area (Å²) in [7, 11) is 0. The molecule has 0 aromatic heterocycles. The van der Waals surface area contributed by atoms with Crippen molar-refractivity contribution in [3.05, 3.63) is 65.8 Å². The van der Waals surface area contributed by atoms with Crippen LogP contribution in [0.3, 0.4) is 0 Å². The van der Waals surface area contributed by atoms with E-state index in [0.717, 1.165) is 17.8 Å². The van der Waals surface area contributed by atoms with Crippen LogP contribution < -0.4 is 0 Å². The van der Waals surface area contributed by atoms with Gasteiger partial charge in [0.15, 0.2) is 0 Å². The van der Waals surface area contributed by atoms with Crippen molar-refractivity contribution in [1.82, 2.24) is 0 Å². The van der Waals surface area contributed by atoms with Gasteiger partial charge in [0.1, 0.15) is 0 Å². The van der Waals surface area contributed by atoms with Crippen LogP contribution >= 0.6 is 0 Å². The van der Waals surface area contributed by atoms with Crippen LogP contribution in [-0.2, 0) is 0 Å². The number of fused-ring (bicyclic) bond motifs is 4. The molecule has 0 heteroatoms. The maximum absolute atomic E-state index is 4.21. The van der Waals surface area contributed by atoms with E-state index in [0.29, 0.717) is 22.2 Å². The quantitative estimate of drug-likeness (QED) is 0.271. The predicted octanol–water partition coefficient (Wildman–Crippen LogP) is 11.1. The molecule has 0 saturated heterocycles. The standard InChI is InChI=1S/C37H52/c1-6-7-8-11-29-16-17-32-30-18-22-35(4)25-37(20-9-10-21-37)23-19-33(35)34(30)31(24-36(29,32)5)28-14-12-27(13-15-28)26(2)3/h6,12-15,29-32H,1-2,7-11,16-25H2,3-5H3. The third kappa shape index (κ3) is 4.24. The number of allylic oxidation sites excluding steroid dienone is 4. The Kier molecular flexibility index (Phi) is 6.65. The fraction of sp³-hybridized carbons (Fsp3) is 0.676. The maximum Gasteiger partial charge on any atom is 0.00593 e. The molecule has 0 nitrogen and oxygen atoms in total. The van der Waals surface area contributed by atoms with Crippen LogP contribution in [0.25, 0.3) is 5.57 Å². The van der Waals surface area contributed by atoms with Crippen molar-refractivity contribution in [2.45, 2.75) is 123 Å². The van der Waals surface area contributed by atoms with Crippen LogP contribution in [0.1, 0.15) is 134 Å². The highest BCUT2D eigenvalue weighted by Crippen LogP contribution is 2.70. The van der Waals surface area contributed by atoms with Gasteiger partial charge in [-0.05, 0) is 136 Å². The number of benzene rings is 1. The predicted molar refractivity (Wildman–Crippen MR) is 159 cm³/mol. The lowest BCUT2D eigenvalue weighted by atomic mass is 9.47. The summed E-state index contributed by atoms with van der Waals surface area (Å²) in [6.45, 7) is 15.8. The Morgan fingerprint density at radius 1 is 1.00 bits per heavy atom. The van der Waals surface area contributed by atoms with Gasteiger partial charge in [0.2, 0.25) is 0 Å². The van der Waals surface area contributed by atoms with E-state index in [1.807, 2.05) is 11.1 Å². The van der Waals surface area contributed by atoms with Crippen LogP contribution in [0.5, 0.6) is 0 Å². The second kappa shape index (κ2) is 9.57. The minimum absolute atomic E-state index is 0.458. The molecule has 5 aliphatic carbocycles. The lowest BCUT2D eigenvalue weighted by molar-refractivity contribution is 0.0320. The summed E-state index contributed by atoms with van der Waals surface area (Å²) in [6.07, 6.45) is 23.6. The Morgan fingerprint density at radius 2 is 1.76 bits per heavy atom. The molecule has 1 spiro atoms. The van der Waals surface area contributed by atoms with Gasteiger partial charge in [-0.2, -0.15) is 0 Å². The van der Waals surface area contributed by atoms with Crippen LogP contribution in [0, 0.1) is 34.0 Å². The third-order valence-electron chi connectivity index (χ3n) is 12.7. The minimum Gasteiger partial charge on any atom is -0.103 e. The molecule has 0 heterocycles. The number of hydrogen-bond acceptors (Lipinski definition) is 0. The van der Waals surface area contributed by atoms with Gasteiger partial charge in [-0.15, -0.1) is 6.58 Å². The normalized spacial score (nSPS) is 38.2. The highest BCUT2D eigenvalue weighted by atomic mass is 14.6. The Morgan fingerprint density at radius 3 is 2.46 bits per heavy atom. The maximum atomic E-state index is 4.21. The zero-order chi connectivity index (χ0) is 25.8. The van der Waals surface area contributed by atoms with Crippen LogP contribution in [0.4, 0.5) is 0 Å². The SMILES string of the molecule is C=CCCCC1CCC2C3CCC4(C)CC5(CCCC5)CCC4=C3C(c3ccc(C(=C)C)cc3)CC12C. The average Bonchev–Trinajstić information content (AvgIpc) is 3.46. The van der Waals surface area contributed by atoms with Crippen LogP contribution in [0.15, 0.2) is 54.6 Å². The number of rotatable bonds is 6. The van der Waals surface area contributed by atoms with Gasteiger partial charge in [-0.3, -0.25) is 0 Å². The Labute approximate surface area is 228 Å². The Bertz CT molecular complexity index is 1060. The zero-order valence-corrected chi connectivity index (χ0v) is 24.2. The van der Waals surface area contributed by atoms with E-state index >= 15 is 0 Å². The summed E-state index contributed by atoms with van der Waals surface area (Å²) in [6, 6.07) is 9.69. The summed E-state index contributed by atoms with van der Waals surface area (Å²) in [5.41, 5.74) is 9.61. The van der Waals surface area contributed by atoms with Gasteiger partial charge >= 0.3 is 0 Å². The molecule has 6 rings (SSSR count). The molecule has 0 bridgehead atoms. The van der Waals surface area contributed by atoms with Crippen molar-refractivity contribution in [3.8, 4) is 0 Å². The zero-order valence-electron chi connectivity index (χ0n) is 24.2. The molecule has 5 aliphatic rings. The molecule has 0 N–H and O–H groups in total. The second-order valence-corrected chi connectivity index (χ2v) is 14.8. The van der Waals surface area contributed by atoms with E-state index < -0.39 is 0 Å². The van der Waals surface area contributed by atoms with Crippen molar-refractivity contribution in [2.24, 2.45) is 34.0 Å². The van der Waals surface area contributed by atoms with E-state index in [1.54, 1.807) is 5.56 Å². The Balaban J connectivity index is 1.41. The molecule has 0 aliphatic heterocycles. The van der Waals surface area contributed by atoms with Crippen LogP contribution in [-0.4, -0.2) is 0 Å². The highest BCUT2D eigenvalue weighted by molar-refractivity contribution is 5.61. The summed E-state index contributed by atoms with van der Waals surface area (Å²) in [5, 5.41) is 0. The van der Waals surface area contributed by atoms with Gasteiger partial charge in [0.05, 0.1) is 0 Å². The lowest BCUT2D eigenvalue weighted by Crippen LogP contribution is -2.47. The van der Waals surface area contributed by atoms with E-state index in [2.05, 4.69) is 64.3 Å². The molecule has 6 unspecified atom stereocenters. The lowest BCUT2D eigenvalue weighted by Gasteiger charge is -2.58. The van der Waals surface area contributed by atoms with Crippen molar-refractivity contribution >= 4 is 5.57 Å².